The molecule has 0 saturated carbocycles. The zero-order chi connectivity index (χ0) is 45.1. The molecule has 0 rings (SSSR count). The van der Waals surface area contributed by atoms with E-state index in [0.29, 0.717) is 6.61 Å². The van der Waals surface area contributed by atoms with Gasteiger partial charge in [-0.1, -0.05) is 180 Å². The van der Waals surface area contributed by atoms with Gasteiger partial charge in [-0.25, -0.2) is 4.57 Å². The van der Waals surface area contributed by atoms with Crippen molar-refractivity contribution in [1.82, 2.24) is 0 Å². The number of rotatable bonds is 44. The van der Waals surface area contributed by atoms with Gasteiger partial charge in [0.05, 0.1) is 19.8 Å². The number of nitrogens with two attached hydrogens (primary N) is 1. The highest BCUT2D eigenvalue weighted by molar-refractivity contribution is 7.47. The van der Waals surface area contributed by atoms with Crippen LogP contribution in [0.4, 0.5) is 0 Å². The van der Waals surface area contributed by atoms with Crippen molar-refractivity contribution in [2.75, 3.05) is 33.0 Å². The molecule has 62 heavy (non-hydrogen) atoms. The number of ether oxygens (including phenoxy) is 2. The summed E-state index contributed by atoms with van der Waals surface area (Å²) in [5.74, 6) is -0.358. The fraction of sp³-hybridized carbons (Fsp3) is 0.604. The number of unbranched alkanes of at least 4 members (excludes halogenated alkanes) is 11. The number of hydrogen-bond donors (Lipinski definition) is 2. The van der Waals surface area contributed by atoms with Gasteiger partial charge in [-0.05, 0) is 103 Å². The van der Waals surface area contributed by atoms with Gasteiger partial charge in [0.2, 0.25) is 0 Å². The van der Waals surface area contributed by atoms with Crippen molar-refractivity contribution in [3.8, 4) is 0 Å². The maximum Gasteiger partial charge on any atom is 0.472 e. The van der Waals surface area contributed by atoms with Crippen molar-refractivity contribution in [2.24, 2.45) is 5.73 Å². The van der Waals surface area contributed by atoms with Crippen LogP contribution in [-0.4, -0.2) is 49.9 Å². The summed E-state index contributed by atoms with van der Waals surface area (Å²) in [6.45, 7) is 4.60. The minimum atomic E-state index is -4.30. The minimum Gasteiger partial charge on any atom is -0.457 e. The average molecular weight is 882 g/mol. The number of allylic oxidation sites excluding steroid dienone is 20. The van der Waals surface area contributed by atoms with E-state index >= 15 is 0 Å². The van der Waals surface area contributed by atoms with Gasteiger partial charge in [0.25, 0.3) is 0 Å². The quantitative estimate of drug-likeness (QED) is 0.0269. The van der Waals surface area contributed by atoms with Crippen LogP contribution in [0.3, 0.4) is 0 Å². The van der Waals surface area contributed by atoms with Crippen LogP contribution in [0.2, 0.25) is 0 Å². The predicted octanol–water partition coefficient (Wildman–Crippen LogP) is 15.0. The monoisotopic (exact) mass is 882 g/mol. The van der Waals surface area contributed by atoms with Gasteiger partial charge in [-0.2, -0.15) is 0 Å². The van der Waals surface area contributed by atoms with Crippen LogP contribution in [0.15, 0.2) is 122 Å². The molecule has 2 atom stereocenters. The fourth-order valence-electron chi connectivity index (χ4n) is 5.93. The van der Waals surface area contributed by atoms with Crippen molar-refractivity contribution in [1.29, 1.82) is 0 Å². The second-order valence-electron chi connectivity index (χ2n) is 15.2. The summed E-state index contributed by atoms with van der Waals surface area (Å²) in [4.78, 5) is 22.6. The van der Waals surface area contributed by atoms with Crippen LogP contribution in [0.25, 0.3) is 0 Å². The van der Waals surface area contributed by atoms with Gasteiger partial charge < -0.3 is 20.1 Å². The summed E-state index contributed by atoms with van der Waals surface area (Å²) in [6, 6.07) is 0. The molecule has 9 heteroatoms. The number of carbonyl (C=O) groups is 1. The third-order valence-corrected chi connectivity index (χ3v) is 10.4. The van der Waals surface area contributed by atoms with Crippen LogP contribution in [0.5, 0.6) is 0 Å². The molecule has 0 radical (unpaired) electrons. The van der Waals surface area contributed by atoms with Crippen LogP contribution in [0.1, 0.15) is 168 Å². The van der Waals surface area contributed by atoms with Crippen molar-refractivity contribution in [2.45, 2.75) is 174 Å². The smallest absolute Gasteiger partial charge is 0.457 e. The average Bonchev–Trinajstić information content (AvgIpc) is 3.26. The molecular weight excluding hydrogens is 794 g/mol. The summed E-state index contributed by atoms with van der Waals surface area (Å²) in [5, 5.41) is 0. The van der Waals surface area contributed by atoms with Gasteiger partial charge in [-0.15, -0.1) is 0 Å². The van der Waals surface area contributed by atoms with Gasteiger partial charge in [-0.3, -0.25) is 13.8 Å². The molecule has 0 aromatic rings. The molecule has 0 aromatic heterocycles. The molecule has 2 unspecified atom stereocenters. The second kappa shape index (κ2) is 48.9. The molecule has 8 nitrogen and oxygen atoms in total. The molecule has 0 fully saturated rings. The zero-order valence-corrected chi connectivity index (χ0v) is 39.9. The first-order chi connectivity index (χ1) is 30.4. The molecular formula is C53H88NO7P. The standard InChI is InChI=1S/C53H88NO7P/c1-3-5-7-9-11-13-15-17-19-21-23-24-25-26-27-28-29-30-32-34-36-38-40-42-44-46-53(55)61-52(51-60-62(56,57)59-49-47-54)50-58-48-45-43-41-39-37-35-33-31-22-20-18-16-14-12-10-8-6-4-2/h5-8,11-14,17-20,23-24,26-27,29-31,33,52H,3-4,9-10,15-16,21-22,25,28,32,34-51,54H2,1-2H3,(H,56,57)/b7-5-,8-6-,13-11-,14-12-,19-17-,20-18-,24-23-,27-26-,30-29-,33-31-. The second-order valence-corrected chi connectivity index (χ2v) is 16.7. The third kappa shape index (κ3) is 47.9. The lowest BCUT2D eigenvalue weighted by Gasteiger charge is -2.20. The maximum atomic E-state index is 12.6. The summed E-state index contributed by atoms with van der Waals surface area (Å²) < 4.78 is 33.5. The van der Waals surface area contributed by atoms with E-state index < -0.39 is 13.9 Å². The Morgan fingerprint density at radius 3 is 1.27 bits per heavy atom. The Bertz CT molecular complexity index is 1360. The largest absolute Gasteiger partial charge is 0.472 e. The number of carbonyl (C=O) groups excluding carboxylic acids is 1. The first kappa shape index (κ1) is 58.9. The van der Waals surface area contributed by atoms with Crippen LogP contribution < -0.4 is 5.73 Å². The fourth-order valence-corrected chi connectivity index (χ4v) is 6.70. The normalized spacial score (nSPS) is 14.5. The van der Waals surface area contributed by atoms with Gasteiger partial charge in [0, 0.05) is 19.6 Å². The number of hydrogen-bond acceptors (Lipinski definition) is 7. The maximum absolute atomic E-state index is 12.6. The lowest BCUT2D eigenvalue weighted by atomic mass is 10.1. The summed E-state index contributed by atoms with van der Waals surface area (Å²) in [6.07, 6.45) is 67.9. The number of esters is 1. The Morgan fingerprint density at radius 1 is 0.484 bits per heavy atom. The highest BCUT2D eigenvalue weighted by Gasteiger charge is 2.25. The lowest BCUT2D eigenvalue weighted by molar-refractivity contribution is -0.154. The Hall–Kier alpha value is -3.10. The van der Waals surface area contributed by atoms with Crippen molar-refractivity contribution in [3.63, 3.8) is 0 Å². The summed E-state index contributed by atoms with van der Waals surface area (Å²) >= 11 is 0. The Kier molecular flexibility index (Phi) is 46.5. The highest BCUT2D eigenvalue weighted by Crippen LogP contribution is 2.43. The molecule has 0 bridgehead atoms. The predicted molar refractivity (Wildman–Crippen MR) is 265 cm³/mol. The molecule has 0 amide bonds. The van der Waals surface area contributed by atoms with E-state index in [2.05, 4.69) is 135 Å². The molecule has 0 aliphatic carbocycles. The first-order valence-corrected chi connectivity index (χ1v) is 25.5. The van der Waals surface area contributed by atoms with E-state index in [-0.39, 0.29) is 38.8 Å². The van der Waals surface area contributed by atoms with E-state index in [1.54, 1.807) is 0 Å². The summed E-state index contributed by atoms with van der Waals surface area (Å²) in [7, 11) is -4.30. The van der Waals surface area contributed by atoms with Crippen LogP contribution >= 0.6 is 7.82 Å². The summed E-state index contributed by atoms with van der Waals surface area (Å²) in [5.41, 5.74) is 5.38. The third-order valence-electron chi connectivity index (χ3n) is 9.37. The molecule has 352 valence electrons. The minimum absolute atomic E-state index is 0.0867. The molecule has 3 N–H and O–H groups in total. The molecule has 0 spiro atoms. The van der Waals surface area contributed by atoms with Gasteiger partial charge in [0.15, 0.2) is 0 Å². The van der Waals surface area contributed by atoms with Crippen LogP contribution in [-0.2, 0) is 27.9 Å². The number of phosphoric ester groups is 1. The van der Waals surface area contributed by atoms with E-state index in [1.165, 1.54) is 25.7 Å². The van der Waals surface area contributed by atoms with E-state index in [0.717, 1.165) is 122 Å². The highest BCUT2D eigenvalue weighted by atomic mass is 31.2. The molecule has 0 saturated heterocycles. The number of phosphoric acid groups is 1. The van der Waals surface area contributed by atoms with Crippen molar-refractivity contribution >= 4 is 13.8 Å². The van der Waals surface area contributed by atoms with E-state index in [9.17, 15) is 14.3 Å². The Morgan fingerprint density at radius 2 is 0.855 bits per heavy atom. The van der Waals surface area contributed by atoms with Gasteiger partial charge in [0.1, 0.15) is 6.10 Å². The van der Waals surface area contributed by atoms with E-state index in [4.69, 9.17) is 24.3 Å². The lowest BCUT2D eigenvalue weighted by Crippen LogP contribution is -2.28. The van der Waals surface area contributed by atoms with Gasteiger partial charge >= 0.3 is 13.8 Å². The first-order valence-electron chi connectivity index (χ1n) is 24.0. The Labute approximate surface area is 379 Å². The molecule has 0 aromatic carbocycles. The topological polar surface area (TPSA) is 117 Å². The SMILES string of the molecule is CC/C=C\C/C=C\C/C=C\C/C=C\C/C=C\C/C=C\CCCCCCCCC(=O)OC(COCCCCCCC/C=C\C/C=C\C/C=C\C/C=C\CC)COP(=O)(O)OCCN. The molecule has 0 aliphatic rings. The molecule has 0 aliphatic heterocycles. The zero-order valence-electron chi connectivity index (χ0n) is 39.1. The van der Waals surface area contributed by atoms with Crippen molar-refractivity contribution < 1.29 is 32.8 Å². The Balaban J connectivity index is 4.09. The van der Waals surface area contributed by atoms with E-state index in [1.807, 2.05) is 0 Å². The van der Waals surface area contributed by atoms with Crippen molar-refractivity contribution in [3.05, 3.63) is 122 Å². The van der Waals surface area contributed by atoms with Crippen LogP contribution in [0, 0.1) is 0 Å². The molecule has 0 heterocycles.